The van der Waals surface area contributed by atoms with Crippen molar-refractivity contribution < 1.29 is 23.0 Å². The third-order valence-electron chi connectivity index (χ3n) is 3.81. The zero-order chi connectivity index (χ0) is 19.6. The molecule has 1 aromatic heterocycles. The van der Waals surface area contributed by atoms with E-state index in [0.717, 1.165) is 35.1 Å². The van der Waals surface area contributed by atoms with Crippen LogP contribution in [0.15, 0.2) is 36.4 Å². The molecule has 0 fully saturated rings. The summed E-state index contributed by atoms with van der Waals surface area (Å²) >= 11 is 1.15. The summed E-state index contributed by atoms with van der Waals surface area (Å²) in [5.74, 6) is -0.795. The van der Waals surface area contributed by atoms with E-state index in [4.69, 9.17) is 9.47 Å². The molecule has 5 nitrogen and oxygen atoms in total. The molecule has 3 aromatic rings. The van der Waals surface area contributed by atoms with E-state index in [1.165, 1.54) is 7.11 Å². The predicted molar refractivity (Wildman–Crippen MR) is 99.7 cm³/mol. The molecule has 0 aliphatic heterocycles. The highest BCUT2D eigenvalue weighted by atomic mass is 32.1. The molecule has 8 heteroatoms. The lowest BCUT2D eigenvalue weighted by Crippen LogP contribution is -2.12. The van der Waals surface area contributed by atoms with Crippen LogP contribution in [0.5, 0.6) is 11.5 Å². The number of carbonyl (C=O) groups excluding carboxylic acids is 1. The van der Waals surface area contributed by atoms with Gasteiger partial charge in [-0.3, -0.25) is 4.79 Å². The molecule has 0 aliphatic rings. The number of aryl methyl sites for hydroxylation is 1. The minimum Gasteiger partial charge on any atom is -0.493 e. The van der Waals surface area contributed by atoms with Gasteiger partial charge < -0.3 is 14.8 Å². The van der Waals surface area contributed by atoms with Crippen molar-refractivity contribution in [3.8, 4) is 22.1 Å². The molecule has 140 valence electrons. The van der Waals surface area contributed by atoms with Crippen LogP contribution in [0.1, 0.15) is 15.4 Å². The summed E-state index contributed by atoms with van der Waals surface area (Å²) in [5, 5.41) is 2.98. The molecule has 0 atom stereocenters. The molecule has 0 saturated heterocycles. The van der Waals surface area contributed by atoms with E-state index in [2.05, 4.69) is 10.3 Å². The van der Waals surface area contributed by atoms with Crippen molar-refractivity contribution in [3.63, 3.8) is 0 Å². The molecule has 0 bridgehead atoms. The van der Waals surface area contributed by atoms with Crippen molar-refractivity contribution in [3.05, 3.63) is 58.6 Å². The van der Waals surface area contributed by atoms with Gasteiger partial charge in [0.25, 0.3) is 5.91 Å². The fourth-order valence-electron chi connectivity index (χ4n) is 2.47. The van der Waals surface area contributed by atoms with Crippen molar-refractivity contribution in [1.82, 2.24) is 4.98 Å². The van der Waals surface area contributed by atoms with Crippen molar-refractivity contribution in [1.29, 1.82) is 0 Å². The number of amides is 1. The first kappa shape index (κ1) is 18.8. The molecule has 1 N–H and O–H groups in total. The fourth-order valence-corrected chi connectivity index (χ4v) is 3.43. The van der Waals surface area contributed by atoms with Gasteiger partial charge >= 0.3 is 0 Å². The maximum atomic E-state index is 13.8. The number of halogens is 2. The first-order valence-electron chi connectivity index (χ1n) is 7.89. The Kier molecular flexibility index (Phi) is 5.36. The largest absolute Gasteiger partial charge is 0.493 e. The van der Waals surface area contributed by atoms with Crippen LogP contribution in [0.3, 0.4) is 0 Å². The molecule has 0 aliphatic carbocycles. The second kappa shape index (κ2) is 7.71. The van der Waals surface area contributed by atoms with Gasteiger partial charge in [0.05, 0.1) is 25.6 Å². The van der Waals surface area contributed by atoms with Crippen molar-refractivity contribution in [2.24, 2.45) is 0 Å². The second-order valence-corrected chi connectivity index (χ2v) is 6.58. The first-order chi connectivity index (χ1) is 12.9. The van der Waals surface area contributed by atoms with Crippen LogP contribution in [0.4, 0.5) is 14.5 Å². The Morgan fingerprint density at radius 1 is 1.07 bits per heavy atom. The minimum absolute atomic E-state index is 0.222. The zero-order valence-corrected chi connectivity index (χ0v) is 15.6. The molecule has 27 heavy (non-hydrogen) atoms. The molecule has 0 spiro atoms. The highest BCUT2D eigenvalue weighted by Crippen LogP contribution is 2.35. The second-order valence-electron chi connectivity index (χ2n) is 5.58. The maximum Gasteiger partial charge on any atom is 0.267 e. The van der Waals surface area contributed by atoms with E-state index in [1.807, 2.05) is 0 Å². The molecule has 1 heterocycles. The van der Waals surface area contributed by atoms with E-state index in [0.29, 0.717) is 27.1 Å². The summed E-state index contributed by atoms with van der Waals surface area (Å²) < 4.78 is 37.5. The SMILES string of the molecule is COc1ccc(-c2nc(C)c(C(=O)Nc3cc(F)ccc3F)s2)cc1OC. The van der Waals surface area contributed by atoms with Crippen LogP contribution in [-0.4, -0.2) is 25.1 Å². The Hall–Kier alpha value is -3.00. The average molecular weight is 390 g/mol. The number of hydrogen-bond donors (Lipinski definition) is 1. The zero-order valence-electron chi connectivity index (χ0n) is 14.8. The van der Waals surface area contributed by atoms with Crippen molar-refractivity contribution >= 4 is 22.9 Å². The van der Waals surface area contributed by atoms with E-state index in [9.17, 15) is 13.6 Å². The van der Waals surface area contributed by atoms with Crippen LogP contribution in [0.25, 0.3) is 10.6 Å². The van der Waals surface area contributed by atoms with Gasteiger partial charge in [-0.25, -0.2) is 13.8 Å². The Morgan fingerprint density at radius 3 is 2.52 bits per heavy atom. The lowest BCUT2D eigenvalue weighted by Gasteiger charge is -2.08. The summed E-state index contributed by atoms with van der Waals surface area (Å²) in [7, 11) is 3.07. The maximum absolute atomic E-state index is 13.8. The number of thiazole rings is 1. The minimum atomic E-state index is -0.716. The molecule has 0 saturated carbocycles. The van der Waals surface area contributed by atoms with Gasteiger partial charge in [0.2, 0.25) is 0 Å². The number of rotatable bonds is 5. The van der Waals surface area contributed by atoms with E-state index < -0.39 is 17.5 Å². The van der Waals surface area contributed by atoms with Gasteiger partial charge in [-0.05, 0) is 37.3 Å². The number of nitrogens with zero attached hydrogens (tertiary/aromatic N) is 1. The number of hydrogen-bond acceptors (Lipinski definition) is 5. The summed E-state index contributed by atoms with van der Waals surface area (Å²) in [6.45, 7) is 1.68. The van der Waals surface area contributed by atoms with Gasteiger partial charge in [0.1, 0.15) is 21.5 Å². The lowest BCUT2D eigenvalue weighted by atomic mass is 10.2. The highest BCUT2D eigenvalue weighted by Gasteiger charge is 2.19. The van der Waals surface area contributed by atoms with Gasteiger partial charge in [0, 0.05) is 11.6 Å². The topological polar surface area (TPSA) is 60.5 Å². The first-order valence-corrected chi connectivity index (χ1v) is 8.70. The van der Waals surface area contributed by atoms with Crippen LogP contribution in [0, 0.1) is 18.6 Å². The van der Waals surface area contributed by atoms with Crippen molar-refractivity contribution in [2.45, 2.75) is 6.92 Å². The fraction of sp³-hybridized carbons (Fsp3) is 0.158. The molecular formula is C19H16F2N2O3S. The molecule has 0 unspecified atom stereocenters. The van der Waals surface area contributed by atoms with Crippen molar-refractivity contribution in [2.75, 3.05) is 19.5 Å². The third-order valence-corrected chi connectivity index (χ3v) is 5.02. The van der Waals surface area contributed by atoms with Crippen LogP contribution >= 0.6 is 11.3 Å². The standard InChI is InChI=1S/C19H16F2N2O3S/c1-10-17(18(24)23-14-9-12(20)5-6-13(14)21)27-19(22-10)11-4-7-15(25-2)16(8-11)26-3/h4-9H,1-3H3,(H,23,24). The number of carbonyl (C=O) groups is 1. The molecule has 3 rings (SSSR count). The van der Waals surface area contributed by atoms with Crippen LogP contribution in [-0.2, 0) is 0 Å². The quantitative estimate of drug-likeness (QED) is 0.688. The van der Waals surface area contributed by atoms with Gasteiger partial charge in [-0.1, -0.05) is 0 Å². The van der Waals surface area contributed by atoms with Crippen LogP contribution in [0.2, 0.25) is 0 Å². The number of benzene rings is 2. The summed E-state index contributed by atoms with van der Waals surface area (Å²) in [6.07, 6.45) is 0. The molecular weight excluding hydrogens is 374 g/mol. The Balaban J connectivity index is 1.90. The molecule has 1 amide bonds. The number of anilines is 1. The van der Waals surface area contributed by atoms with Gasteiger partial charge in [0.15, 0.2) is 11.5 Å². The Morgan fingerprint density at radius 2 is 1.81 bits per heavy atom. The van der Waals surface area contributed by atoms with Crippen LogP contribution < -0.4 is 14.8 Å². The smallest absolute Gasteiger partial charge is 0.267 e. The summed E-state index contributed by atoms with van der Waals surface area (Å²) in [6, 6.07) is 8.17. The summed E-state index contributed by atoms with van der Waals surface area (Å²) in [5.41, 5.74) is 1.01. The molecule has 2 aromatic carbocycles. The third kappa shape index (κ3) is 3.90. The van der Waals surface area contributed by atoms with Gasteiger partial charge in [-0.15, -0.1) is 11.3 Å². The van der Waals surface area contributed by atoms with Gasteiger partial charge in [-0.2, -0.15) is 0 Å². The van der Waals surface area contributed by atoms with E-state index in [-0.39, 0.29) is 5.69 Å². The number of ether oxygens (including phenoxy) is 2. The lowest BCUT2D eigenvalue weighted by molar-refractivity contribution is 0.102. The number of methoxy groups -OCH3 is 2. The van der Waals surface area contributed by atoms with E-state index >= 15 is 0 Å². The normalized spacial score (nSPS) is 10.6. The Bertz CT molecular complexity index is 1000. The average Bonchev–Trinajstić information content (AvgIpc) is 3.06. The monoisotopic (exact) mass is 390 g/mol. The summed E-state index contributed by atoms with van der Waals surface area (Å²) in [4.78, 5) is 17.2. The van der Waals surface area contributed by atoms with E-state index in [1.54, 1.807) is 32.2 Å². The predicted octanol–water partition coefficient (Wildman–Crippen LogP) is 4.67. The molecule has 0 radical (unpaired) electrons. The number of aromatic nitrogens is 1. The Labute approximate surface area is 158 Å². The number of nitrogens with one attached hydrogen (secondary N) is 1. The highest BCUT2D eigenvalue weighted by molar-refractivity contribution is 7.17.